The quantitative estimate of drug-likeness (QED) is 0.868. The Balaban J connectivity index is 1.63. The second kappa shape index (κ2) is 5.57. The van der Waals surface area contributed by atoms with Gasteiger partial charge in [-0.15, -0.1) is 0 Å². The molecule has 0 radical (unpaired) electrons. The molecule has 2 amide bonds. The molecular weight excluding hydrogens is 293 g/mol. The van der Waals surface area contributed by atoms with Gasteiger partial charge in [-0.1, -0.05) is 18.2 Å². The Kier molecular flexibility index (Phi) is 3.41. The Labute approximate surface area is 134 Å². The van der Waals surface area contributed by atoms with Gasteiger partial charge in [0.1, 0.15) is 5.82 Å². The molecule has 0 bridgehead atoms. The van der Waals surface area contributed by atoms with E-state index in [0.29, 0.717) is 18.3 Å². The molecule has 0 aromatic heterocycles. The van der Waals surface area contributed by atoms with Crippen LogP contribution in [0.15, 0.2) is 48.5 Å². The van der Waals surface area contributed by atoms with Crippen LogP contribution in [0.5, 0.6) is 0 Å². The lowest BCUT2D eigenvalue weighted by Gasteiger charge is -2.40. The van der Waals surface area contributed by atoms with E-state index in [1.807, 2.05) is 18.2 Å². The summed E-state index contributed by atoms with van der Waals surface area (Å²) in [7, 11) is 0. The molecule has 0 saturated carbocycles. The van der Waals surface area contributed by atoms with Gasteiger partial charge in [0.15, 0.2) is 0 Å². The number of hydrogen-bond acceptors (Lipinski definition) is 2. The number of nitrogens with zero attached hydrogens (tertiary/aromatic N) is 2. The molecule has 23 heavy (non-hydrogen) atoms. The number of hydrogen-bond donors (Lipinski definition) is 1. The maximum absolute atomic E-state index is 13.3. The van der Waals surface area contributed by atoms with Crippen molar-refractivity contribution in [2.75, 3.05) is 28.2 Å². The minimum absolute atomic E-state index is 0.213. The number of halogens is 1. The normalized spacial score (nSPS) is 19.3. The van der Waals surface area contributed by atoms with Crippen LogP contribution in [0.2, 0.25) is 0 Å². The Morgan fingerprint density at radius 2 is 1.96 bits per heavy atom. The molecule has 2 aromatic rings. The number of nitrogens with one attached hydrogen (secondary N) is 1. The van der Waals surface area contributed by atoms with Crippen molar-refractivity contribution >= 4 is 23.1 Å². The number of para-hydroxylation sites is 2. The number of amides is 2. The average molecular weight is 311 g/mol. The van der Waals surface area contributed by atoms with Gasteiger partial charge in [-0.2, -0.15) is 0 Å². The van der Waals surface area contributed by atoms with E-state index in [2.05, 4.69) is 16.3 Å². The lowest BCUT2D eigenvalue weighted by Crippen LogP contribution is -2.49. The number of anilines is 3. The second-order valence-electron chi connectivity index (χ2n) is 6.03. The highest BCUT2D eigenvalue weighted by atomic mass is 19.1. The third kappa shape index (κ3) is 2.52. The topological polar surface area (TPSA) is 35.6 Å². The lowest BCUT2D eigenvalue weighted by molar-refractivity contribution is 0.256. The summed E-state index contributed by atoms with van der Waals surface area (Å²) >= 11 is 0. The minimum atomic E-state index is -0.358. The fourth-order valence-electron chi connectivity index (χ4n) is 3.54. The van der Waals surface area contributed by atoms with Crippen LogP contribution in [0.1, 0.15) is 12.8 Å². The third-order valence-corrected chi connectivity index (χ3v) is 4.57. The van der Waals surface area contributed by atoms with Gasteiger partial charge in [0.25, 0.3) is 0 Å². The zero-order valence-corrected chi connectivity index (χ0v) is 12.7. The smallest absolute Gasteiger partial charge is 0.326 e. The minimum Gasteiger partial charge on any atom is -0.365 e. The van der Waals surface area contributed by atoms with Crippen LogP contribution in [0, 0.1) is 5.82 Å². The fraction of sp³-hybridized carbons (Fsp3) is 0.278. The molecule has 1 atom stereocenters. The SMILES string of the molecule is O=C(Nc1cccc(F)c1)N1C[C@H]2CCCN2c2ccccc21. The molecule has 1 fully saturated rings. The van der Waals surface area contributed by atoms with Crippen LogP contribution in [0.3, 0.4) is 0 Å². The maximum Gasteiger partial charge on any atom is 0.326 e. The van der Waals surface area contributed by atoms with Crippen molar-refractivity contribution in [3.05, 3.63) is 54.3 Å². The summed E-state index contributed by atoms with van der Waals surface area (Å²) in [6, 6.07) is 14.1. The van der Waals surface area contributed by atoms with Gasteiger partial charge >= 0.3 is 6.03 Å². The van der Waals surface area contributed by atoms with Crippen molar-refractivity contribution < 1.29 is 9.18 Å². The Bertz CT molecular complexity index is 749. The molecule has 2 aliphatic heterocycles. The van der Waals surface area contributed by atoms with E-state index in [1.165, 1.54) is 12.1 Å². The maximum atomic E-state index is 13.3. The molecule has 0 aliphatic carbocycles. The standard InChI is InChI=1S/C18H18FN3O/c19-13-5-3-6-14(11-13)20-18(23)22-12-15-7-4-10-21(15)16-8-1-2-9-17(16)22/h1-3,5-6,8-9,11,15H,4,7,10,12H2,(H,20,23)/t15-/m1/s1. The van der Waals surface area contributed by atoms with E-state index in [9.17, 15) is 9.18 Å². The van der Waals surface area contributed by atoms with E-state index in [1.54, 1.807) is 17.0 Å². The first-order valence-electron chi connectivity index (χ1n) is 7.92. The molecule has 4 nitrogen and oxygen atoms in total. The van der Waals surface area contributed by atoms with Gasteiger partial charge < -0.3 is 10.2 Å². The van der Waals surface area contributed by atoms with Gasteiger partial charge in [0.2, 0.25) is 0 Å². The van der Waals surface area contributed by atoms with Crippen LogP contribution >= 0.6 is 0 Å². The summed E-state index contributed by atoms with van der Waals surface area (Å²) < 4.78 is 13.3. The highest BCUT2D eigenvalue weighted by Gasteiger charge is 2.36. The second-order valence-corrected chi connectivity index (χ2v) is 6.03. The molecule has 2 heterocycles. The molecule has 1 saturated heterocycles. The lowest BCUT2D eigenvalue weighted by atomic mass is 10.1. The predicted molar refractivity (Wildman–Crippen MR) is 89.6 cm³/mol. The predicted octanol–water partition coefficient (Wildman–Crippen LogP) is 3.85. The molecule has 1 N–H and O–H groups in total. The highest BCUT2D eigenvalue weighted by molar-refractivity contribution is 6.04. The number of carbonyl (C=O) groups excluding carboxylic acids is 1. The summed E-state index contributed by atoms with van der Waals surface area (Å²) in [6.45, 7) is 1.71. The number of carbonyl (C=O) groups is 1. The van der Waals surface area contributed by atoms with Crippen LogP contribution in [-0.2, 0) is 0 Å². The number of rotatable bonds is 1. The molecule has 118 valence electrons. The van der Waals surface area contributed by atoms with Gasteiger partial charge in [0.05, 0.1) is 11.4 Å². The molecule has 5 heteroatoms. The van der Waals surface area contributed by atoms with Crippen LogP contribution < -0.4 is 15.1 Å². The number of urea groups is 1. The molecule has 2 aliphatic rings. The zero-order valence-electron chi connectivity index (χ0n) is 12.7. The Morgan fingerprint density at radius 3 is 2.78 bits per heavy atom. The van der Waals surface area contributed by atoms with Crippen molar-refractivity contribution in [3.8, 4) is 0 Å². The van der Waals surface area contributed by atoms with Gasteiger partial charge in [0, 0.05) is 24.8 Å². The van der Waals surface area contributed by atoms with Crippen LogP contribution in [0.4, 0.5) is 26.2 Å². The Morgan fingerprint density at radius 1 is 1.13 bits per heavy atom. The monoisotopic (exact) mass is 311 g/mol. The third-order valence-electron chi connectivity index (χ3n) is 4.57. The Hall–Kier alpha value is -2.56. The van der Waals surface area contributed by atoms with Gasteiger partial charge in [-0.25, -0.2) is 9.18 Å². The molecule has 2 aromatic carbocycles. The summed E-state index contributed by atoms with van der Waals surface area (Å²) in [6.07, 6.45) is 2.25. The first kappa shape index (κ1) is 14.1. The van der Waals surface area contributed by atoms with Gasteiger partial charge in [-0.3, -0.25) is 4.90 Å². The zero-order chi connectivity index (χ0) is 15.8. The van der Waals surface area contributed by atoms with Crippen molar-refractivity contribution in [3.63, 3.8) is 0 Å². The van der Waals surface area contributed by atoms with E-state index in [0.717, 1.165) is 30.8 Å². The number of fused-ring (bicyclic) bond motifs is 3. The molecule has 0 unspecified atom stereocenters. The highest BCUT2D eigenvalue weighted by Crippen LogP contribution is 2.39. The van der Waals surface area contributed by atoms with Crippen molar-refractivity contribution in [2.45, 2.75) is 18.9 Å². The summed E-state index contributed by atoms with van der Waals surface area (Å²) in [5.74, 6) is -0.358. The van der Waals surface area contributed by atoms with Crippen LogP contribution in [-0.4, -0.2) is 25.2 Å². The van der Waals surface area contributed by atoms with E-state index in [4.69, 9.17) is 0 Å². The average Bonchev–Trinajstić information content (AvgIpc) is 3.03. The van der Waals surface area contributed by atoms with Gasteiger partial charge in [-0.05, 0) is 43.2 Å². The summed E-state index contributed by atoms with van der Waals surface area (Å²) in [5, 5.41) is 2.80. The fourth-order valence-corrected chi connectivity index (χ4v) is 3.54. The van der Waals surface area contributed by atoms with Crippen molar-refractivity contribution in [1.29, 1.82) is 0 Å². The summed E-state index contributed by atoms with van der Waals surface area (Å²) in [5.41, 5.74) is 2.50. The molecule has 0 spiro atoms. The molecular formula is C18H18FN3O. The first-order valence-corrected chi connectivity index (χ1v) is 7.92. The summed E-state index contributed by atoms with van der Waals surface area (Å²) in [4.78, 5) is 16.9. The largest absolute Gasteiger partial charge is 0.365 e. The van der Waals surface area contributed by atoms with E-state index >= 15 is 0 Å². The van der Waals surface area contributed by atoms with E-state index < -0.39 is 0 Å². The number of benzene rings is 2. The first-order chi connectivity index (χ1) is 11.2. The van der Waals surface area contributed by atoms with E-state index in [-0.39, 0.29) is 11.8 Å². The van der Waals surface area contributed by atoms with Crippen molar-refractivity contribution in [2.24, 2.45) is 0 Å². The van der Waals surface area contributed by atoms with Crippen LogP contribution in [0.25, 0.3) is 0 Å². The molecule has 4 rings (SSSR count). The van der Waals surface area contributed by atoms with Crippen molar-refractivity contribution in [1.82, 2.24) is 0 Å².